The van der Waals surface area contributed by atoms with Gasteiger partial charge in [0.1, 0.15) is 0 Å². The summed E-state index contributed by atoms with van der Waals surface area (Å²) in [5, 5.41) is 5.21. The number of rotatable bonds is 7. The fraction of sp³-hybridized carbons (Fsp3) is 0.286. The molecule has 212 valence electrons. The number of anilines is 1. The molecule has 0 spiro atoms. The number of ether oxygens (including phenoxy) is 5. The van der Waals surface area contributed by atoms with Crippen LogP contribution in [0.15, 0.2) is 53.3 Å². The highest BCUT2D eigenvalue weighted by Crippen LogP contribution is 2.50. The molecule has 0 unspecified atom stereocenters. The van der Waals surface area contributed by atoms with Gasteiger partial charge in [-0.25, -0.2) is 4.79 Å². The maximum atomic E-state index is 13.1. The lowest BCUT2D eigenvalue weighted by Crippen LogP contribution is -2.33. The first-order valence-electron chi connectivity index (χ1n) is 12.1. The van der Waals surface area contributed by atoms with Gasteiger partial charge < -0.3 is 34.3 Å². The first-order valence-corrected chi connectivity index (χ1v) is 12.1. The molecule has 0 aromatic heterocycles. The van der Waals surface area contributed by atoms with Crippen molar-refractivity contribution in [3.8, 4) is 39.9 Å². The summed E-state index contributed by atoms with van der Waals surface area (Å²) in [6.45, 7) is 0. The second-order valence-corrected chi connectivity index (χ2v) is 8.69. The van der Waals surface area contributed by atoms with Crippen LogP contribution in [0.25, 0.3) is 11.1 Å². The first kappa shape index (κ1) is 28.4. The van der Waals surface area contributed by atoms with Crippen molar-refractivity contribution in [3.63, 3.8) is 0 Å². The molecule has 0 saturated heterocycles. The van der Waals surface area contributed by atoms with Crippen molar-refractivity contribution >= 4 is 11.7 Å². The molecule has 9 nitrogen and oxygen atoms in total. The van der Waals surface area contributed by atoms with E-state index in [1.165, 1.54) is 58.8 Å². The second kappa shape index (κ2) is 11.6. The van der Waals surface area contributed by atoms with Crippen molar-refractivity contribution in [1.82, 2.24) is 5.32 Å². The minimum atomic E-state index is -4.94. The van der Waals surface area contributed by atoms with E-state index in [2.05, 4.69) is 15.4 Å². The van der Waals surface area contributed by atoms with Crippen LogP contribution in [0.4, 0.5) is 23.7 Å². The number of nitrogens with one attached hydrogen (secondary N) is 2. The number of halogens is 3. The number of para-hydroxylation sites is 2. The van der Waals surface area contributed by atoms with Crippen LogP contribution < -0.4 is 39.7 Å². The normalized spacial score (nSPS) is 14.1. The lowest BCUT2D eigenvalue weighted by atomic mass is 9.95. The van der Waals surface area contributed by atoms with Crippen LogP contribution in [0.5, 0.6) is 28.7 Å². The summed E-state index contributed by atoms with van der Waals surface area (Å²) < 4.78 is 64.6. The molecule has 1 aliphatic carbocycles. The van der Waals surface area contributed by atoms with E-state index >= 15 is 0 Å². The molecule has 0 fully saturated rings. The summed E-state index contributed by atoms with van der Waals surface area (Å²) in [6, 6.07) is 10.0. The van der Waals surface area contributed by atoms with Crippen molar-refractivity contribution < 1.29 is 41.7 Å². The number of fused-ring (bicyclic) bond motifs is 3. The van der Waals surface area contributed by atoms with Crippen LogP contribution >= 0.6 is 0 Å². The average Bonchev–Trinajstić information content (AvgIpc) is 3.16. The number of alkyl halides is 3. The number of methoxy groups -OCH3 is 4. The molecule has 12 heteroatoms. The number of carbonyl (C=O) groups is 1. The Morgan fingerprint density at radius 1 is 0.875 bits per heavy atom. The molecule has 0 bridgehead atoms. The van der Waals surface area contributed by atoms with Crippen LogP contribution in [0.1, 0.15) is 23.6 Å². The zero-order valence-corrected chi connectivity index (χ0v) is 22.1. The Morgan fingerprint density at radius 3 is 2.23 bits per heavy atom. The minimum Gasteiger partial charge on any atom is -0.493 e. The van der Waals surface area contributed by atoms with E-state index in [0.29, 0.717) is 46.8 Å². The topological polar surface area (TPSA) is 104 Å². The smallest absolute Gasteiger partial charge is 0.493 e. The second-order valence-electron chi connectivity index (χ2n) is 8.69. The Bertz CT molecular complexity index is 1480. The van der Waals surface area contributed by atoms with Crippen molar-refractivity contribution in [2.24, 2.45) is 0 Å². The standard InChI is InChI=1S/C28H27F3N2O7/c1-36-22-12-10-16-17(14-20(22)34)18(11-9-15-13-23(37-2)25(38-3)26(39-4)24(15)16)32-27(35)33-19-7-5-6-8-21(19)40-28(29,30)31/h5-8,10,12-14,18H,9,11H2,1-4H3,(H2,32,33,35)/t18-/m0/s1. The summed E-state index contributed by atoms with van der Waals surface area (Å²) >= 11 is 0. The molecular formula is C28H27F3N2O7. The molecule has 2 N–H and O–H groups in total. The molecule has 0 saturated carbocycles. The highest BCUT2D eigenvalue weighted by Gasteiger charge is 2.33. The third-order valence-electron chi connectivity index (χ3n) is 6.39. The van der Waals surface area contributed by atoms with Gasteiger partial charge in [0.15, 0.2) is 23.0 Å². The van der Waals surface area contributed by atoms with Crippen molar-refractivity contribution in [3.05, 3.63) is 69.9 Å². The van der Waals surface area contributed by atoms with Gasteiger partial charge in [-0.3, -0.25) is 4.79 Å². The van der Waals surface area contributed by atoms with Gasteiger partial charge >= 0.3 is 12.4 Å². The molecule has 40 heavy (non-hydrogen) atoms. The highest BCUT2D eigenvalue weighted by atomic mass is 19.4. The third kappa shape index (κ3) is 5.85. The summed E-state index contributed by atoms with van der Waals surface area (Å²) in [5.41, 5.74) is 1.85. The van der Waals surface area contributed by atoms with E-state index in [1.807, 2.05) is 0 Å². The Labute approximate surface area is 227 Å². The van der Waals surface area contributed by atoms with E-state index in [0.717, 1.165) is 11.6 Å². The van der Waals surface area contributed by atoms with Gasteiger partial charge in [-0.15, -0.1) is 13.2 Å². The first-order chi connectivity index (χ1) is 19.1. The maximum absolute atomic E-state index is 13.1. The van der Waals surface area contributed by atoms with E-state index in [4.69, 9.17) is 18.9 Å². The predicted molar refractivity (Wildman–Crippen MR) is 141 cm³/mol. The van der Waals surface area contributed by atoms with Gasteiger partial charge in [-0.1, -0.05) is 18.2 Å². The quantitative estimate of drug-likeness (QED) is 0.396. The van der Waals surface area contributed by atoms with Crippen LogP contribution in [-0.2, 0) is 6.42 Å². The minimum absolute atomic E-state index is 0.0792. The van der Waals surface area contributed by atoms with E-state index in [-0.39, 0.29) is 11.4 Å². The molecule has 0 radical (unpaired) electrons. The molecule has 2 amide bonds. The van der Waals surface area contributed by atoms with Crippen LogP contribution in [0.3, 0.4) is 0 Å². The largest absolute Gasteiger partial charge is 0.573 e. The Balaban J connectivity index is 1.80. The lowest BCUT2D eigenvalue weighted by Gasteiger charge is -2.20. The van der Waals surface area contributed by atoms with Gasteiger partial charge in [0.25, 0.3) is 0 Å². The fourth-order valence-corrected chi connectivity index (χ4v) is 4.72. The van der Waals surface area contributed by atoms with Gasteiger partial charge in [-0.2, -0.15) is 0 Å². The van der Waals surface area contributed by atoms with E-state index in [1.54, 1.807) is 12.1 Å². The molecule has 1 atom stereocenters. The zero-order valence-electron chi connectivity index (χ0n) is 22.1. The van der Waals surface area contributed by atoms with Crippen LogP contribution in [-0.4, -0.2) is 40.8 Å². The number of urea groups is 1. The van der Waals surface area contributed by atoms with E-state index in [9.17, 15) is 22.8 Å². The number of hydrogen-bond donors (Lipinski definition) is 2. The summed E-state index contributed by atoms with van der Waals surface area (Å²) in [6.07, 6.45) is -4.19. The number of aryl methyl sites for hydroxylation is 1. The number of carbonyl (C=O) groups excluding carboxylic acids is 1. The maximum Gasteiger partial charge on any atom is 0.573 e. The molecule has 3 aromatic carbocycles. The molecule has 0 aliphatic heterocycles. The summed E-state index contributed by atoms with van der Waals surface area (Å²) in [7, 11) is 5.82. The predicted octanol–water partition coefficient (Wildman–Crippen LogP) is 5.46. The van der Waals surface area contributed by atoms with Gasteiger partial charge in [0.2, 0.25) is 11.2 Å². The monoisotopic (exact) mass is 560 g/mol. The lowest BCUT2D eigenvalue weighted by molar-refractivity contribution is -0.274. The number of benzene rings is 2. The van der Waals surface area contributed by atoms with Crippen molar-refractivity contribution in [2.75, 3.05) is 33.8 Å². The fourth-order valence-electron chi connectivity index (χ4n) is 4.72. The molecule has 3 aromatic rings. The number of amides is 2. The third-order valence-corrected chi connectivity index (χ3v) is 6.39. The molecular weight excluding hydrogens is 533 g/mol. The Kier molecular flexibility index (Phi) is 8.26. The van der Waals surface area contributed by atoms with Crippen LogP contribution in [0, 0.1) is 0 Å². The van der Waals surface area contributed by atoms with Gasteiger partial charge in [0.05, 0.1) is 40.2 Å². The van der Waals surface area contributed by atoms with Gasteiger partial charge in [0, 0.05) is 5.56 Å². The zero-order chi connectivity index (χ0) is 29.0. The summed E-state index contributed by atoms with van der Waals surface area (Å²) in [5.74, 6) is 0.670. The SMILES string of the molecule is COc1cc2c(c(OC)c1OC)-c1ccc(OC)c(=O)cc1[C@@H](NC(=O)Nc1ccccc1OC(F)(F)F)CC2. The number of hydrogen-bond acceptors (Lipinski definition) is 7. The summed E-state index contributed by atoms with van der Waals surface area (Å²) in [4.78, 5) is 26.0. The van der Waals surface area contributed by atoms with Crippen LogP contribution in [0.2, 0.25) is 0 Å². The van der Waals surface area contributed by atoms with Crippen molar-refractivity contribution in [2.45, 2.75) is 25.2 Å². The molecule has 0 heterocycles. The molecule has 4 rings (SSSR count). The molecule has 1 aliphatic rings. The highest BCUT2D eigenvalue weighted by molar-refractivity contribution is 5.91. The van der Waals surface area contributed by atoms with Crippen molar-refractivity contribution in [1.29, 1.82) is 0 Å². The Hall–Kier alpha value is -4.61. The average molecular weight is 561 g/mol. The van der Waals surface area contributed by atoms with Gasteiger partial charge in [-0.05, 0) is 59.9 Å². The van der Waals surface area contributed by atoms with E-state index < -0.39 is 29.6 Å². The Morgan fingerprint density at radius 2 is 1.57 bits per heavy atom.